The van der Waals surface area contributed by atoms with E-state index in [-0.39, 0.29) is 17.3 Å². The minimum atomic E-state index is -0.926. The van der Waals surface area contributed by atoms with Gasteiger partial charge in [-0.25, -0.2) is 4.79 Å². The second kappa shape index (κ2) is 6.78. The Morgan fingerprint density at radius 2 is 1.22 bits per heavy atom. The molecule has 1 fully saturated rings. The van der Waals surface area contributed by atoms with Crippen molar-refractivity contribution in [1.82, 2.24) is 0 Å². The molecule has 3 heteroatoms. The summed E-state index contributed by atoms with van der Waals surface area (Å²) in [7, 11) is 0. The molecule has 118 valence electrons. The van der Waals surface area contributed by atoms with Crippen LogP contribution in [0.1, 0.15) is 52.8 Å². The van der Waals surface area contributed by atoms with Gasteiger partial charge in [0, 0.05) is 11.5 Å². The van der Waals surface area contributed by atoms with Crippen LogP contribution in [0.25, 0.3) is 11.1 Å². The minimum Gasteiger partial charge on any atom is -0.478 e. The third kappa shape index (κ3) is 3.50. The fourth-order valence-electron chi connectivity index (χ4n) is 3.23. The van der Waals surface area contributed by atoms with Gasteiger partial charge in [-0.3, -0.25) is 4.79 Å². The number of carboxylic acid groups (broad SMARTS) is 1. The van der Waals surface area contributed by atoms with Gasteiger partial charge in [-0.2, -0.15) is 0 Å². The van der Waals surface area contributed by atoms with E-state index in [1.807, 2.05) is 24.3 Å². The van der Waals surface area contributed by atoms with E-state index in [4.69, 9.17) is 5.11 Å². The fraction of sp³-hybridized carbons (Fsp3) is 0.300. The molecule has 0 heterocycles. The molecular weight excluding hydrogens is 288 g/mol. The van der Waals surface area contributed by atoms with Crippen LogP contribution in [0.5, 0.6) is 0 Å². The maximum absolute atomic E-state index is 12.5. The first-order valence-corrected chi connectivity index (χ1v) is 8.13. The lowest BCUT2D eigenvalue weighted by Crippen LogP contribution is -2.17. The van der Waals surface area contributed by atoms with Gasteiger partial charge >= 0.3 is 5.97 Å². The summed E-state index contributed by atoms with van der Waals surface area (Å²) in [5.41, 5.74) is 2.99. The normalized spacial score (nSPS) is 15.3. The molecule has 3 nitrogen and oxygen atoms in total. The average Bonchev–Trinajstić information content (AvgIpc) is 2.62. The molecule has 0 radical (unpaired) electrons. The van der Waals surface area contributed by atoms with Crippen molar-refractivity contribution in [2.24, 2.45) is 5.92 Å². The molecule has 0 atom stereocenters. The van der Waals surface area contributed by atoms with Crippen LogP contribution in [0.15, 0.2) is 48.5 Å². The minimum absolute atomic E-state index is 0.185. The van der Waals surface area contributed by atoms with E-state index in [2.05, 4.69) is 0 Å². The monoisotopic (exact) mass is 308 g/mol. The van der Waals surface area contributed by atoms with Gasteiger partial charge in [-0.15, -0.1) is 0 Å². The fourth-order valence-corrected chi connectivity index (χ4v) is 3.23. The summed E-state index contributed by atoms with van der Waals surface area (Å²) >= 11 is 0. The number of ketones is 1. The summed E-state index contributed by atoms with van der Waals surface area (Å²) in [6, 6.07) is 14.4. The van der Waals surface area contributed by atoms with Crippen molar-refractivity contribution < 1.29 is 14.7 Å². The Morgan fingerprint density at radius 3 is 1.70 bits per heavy atom. The molecule has 0 unspecified atom stereocenters. The van der Waals surface area contributed by atoms with E-state index in [0.717, 1.165) is 42.4 Å². The van der Waals surface area contributed by atoms with E-state index in [9.17, 15) is 9.59 Å². The SMILES string of the molecule is O=C(O)c1ccc(-c2ccc(C(=O)C3CCCCC3)cc2)cc1. The van der Waals surface area contributed by atoms with Crippen LogP contribution in [0.3, 0.4) is 0 Å². The largest absolute Gasteiger partial charge is 0.478 e. The number of benzene rings is 2. The highest BCUT2D eigenvalue weighted by Gasteiger charge is 2.22. The maximum Gasteiger partial charge on any atom is 0.335 e. The van der Waals surface area contributed by atoms with Gasteiger partial charge in [0.15, 0.2) is 5.78 Å². The topological polar surface area (TPSA) is 54.4 Å². The van der Waals surface area contributed by atoms with Crippen molar-refractivity contribution in [3.05, 3.63) is 59.7 Å². The molecule has 3 rings (SSSR count). The first-order valence-electron chi connectivity index (χ1n) is 8.13. The third-order valence-corrected chi connectivity index (χ3v) is 4.61. The molecular formula is C20H20O3. The van der Waals surface area contributed by atoms with Gasteiger partial charge in [0.25, 0.3) is 0 Å². The summed E-state index contributed by atoms with van der Waals surface area (Å²) in [5.74, 6) is -0.480. The molecule has 1 aliphatic carbocycles. The number of aromatic carboxylic acids is 1. The van der Waals surface area contributed by atoms with Crippen LogP contribution in [-0.4, -0.2) is 16.9 Å². The van der Waals surface area contributed by atoms with Crippen LogP contribution in [-0.2, 0) is 0 Å². The van der Waals surface area contributed by atoms with Crippen molar-refractivity contribution >= 4 is 11.8 Å². The van der Waals surface area contributed by atoms with Gasteiger partial charge in [0.05, 0.1) is 5.56 Å². The number of carbonyl (C=O) groups excluding carboxylic acids is 1. The lowest BCUT2D eigenvalue weighted by atomic mass is 9.83. The summed E-state index contributed by atoms with van der Waals surface area (Å²) in [5, 5.41) is 8.93. The van der Waals surface area contributed by atoms with Crippen molar-refractivity contribution in [3.8, 4) is 11.1 Å². The maximum atomic E-state index is 12.5. The van der Waals surface area contributed by atoms with Crippen LogP contribution >= 0.6 is 0 Å². The highest BCUT2D eigenvalue weighted by atomic mass is 16.4. The molecule has 1 N–H and O–H groups in total. The standard InChI is InChI=1S/C20H20O3/c21-19(16-4-2-1-3-5-16)17-10-6-14(7-11-17)15-8-12-18(13-9-15)20(22)23/h6-13,16H,1-5H2,(H,22,23). The summed E-state index contributed by atoms with van der Waals surface area (Å²) < 4.78 is 0. The number of carboxylic acids is 1. The van der Waals surface area contributed by atoms with Gasteiger partial charge < -0.3 is 5.11 Å². The van der Waals surface area contributed by atoms with Crippen molar-refractivity contribution in [1.29, 1.82) is 0 Å². The second-order valence-corrected chi connectivity index (χ2v) is 6.16. The Hall–Kier alpha value is -2.42. The Bertz CT molecular complexity index is 693. The van der Waals surface area contributed by atoms with Crippen molar-refractivity contribution in [2.45, 2.75) is 32.1 Å². The van der Waals surface area contributed by atoms with Crippen LogP contribution in [0, 0.1) is 5.92 Å². The summed E-state index contributed by atoms with van der Waals surface area (Å²) in [6.07, 6.45) is 5.58. The van der Waals surface area contributed by atoms with E-state index in [0.29, 0.717) is 0 Å². The van der Waals surface area contributed by atoms with E-state index < -0.39 is 5.97 Å². The molecule has 23 heavy (non-hydrogen) atoms. The zero-order valence-corrected chi connectivity index (χ0v) is 13.0. The Kier molecular flexibility index (Phi) is 4.56. The number of hydrogen-bond donors (Lipinski definition) is 1. The Morgan fingerprint density at radius 1 is 0.739 bits per heavy atom. The predicted molar refractivity (Wildman–Crippen MR) is 89.7 cm³/mol. The van der Waals surface area contributed by atoms with Crippen LogP contribution in [0.4, 0.5) is 0 Å². The molecule has 2 aromatic carbocycles. The number of hydrogen-bond acceptors (Lipinski definition) is 2. The molecule has 2 aromatic rings. The van der Waals surface area contributed by atoms with Crippen molar-refractivity contribution in [3.63, 3.8) is 0 Å². The van der Waals surface area contributed by atoms with Crippen LogP contribution in [0.2, 0.25) is 0 Å². The molecule has 1 aliphatic rings. The molecule has 0 amide bonds. The lowest BCUT2D eigenvalue weighted by Gasteiger charge is -2.20. The predicted octanol–water partition coefficient (Wildman–Crippen LogP) is 4.81. The first kappa shape index (κ1) is 15.5. The Balaban J connectivity index is 1.76. The summed E-state index contributed by atoms with van der Waals surface area (Å²) in [4.78, 5) is 23.4. The molecule has 0 saturated heterocycles. The molecule has 0 aromatic heterocycles. The molecule has 1 saturated carbocycles. The highest BCUT2D eigenvalue weighted by Crippen LogP contribution is 2.28. The second-order valence-electron chi connectivity index (χ2n) is 6.16. The van der Waals surface area contributed by atoms with E-state index >= 15 is 0 Å². The first-order chi connectivity index (χ1) is 11.1. The van der Waals surface area contributed by atoms with Crippen molar-refractivity contribution in [2.75, 3.05) is 0 Å². The molecule has 0 bridgehead atoms. The average molecular weight is 308 g/mol. The zero-order chi connectivity index (χ0) is 16.2. The highest BCUT2D eigenvalue weighted by molar-refractivity contribution is 5.98. The van der Waals surface area contributed by atoms with Gasteiger partial charge in [-0.1, -0.05) is 55.7 Å². The van der Waals surface area contributed by atoms with Gasteiger partial charge in [0.1, 0.15) is 0 Å². The van der Waals surface area contributed by atoms with E-state index in [1.165, 1.54) is 6.42 Å². The molecule has 0 aliphatic heterocycles. The van der Waals surface area contributed by atoms with Gasteiger partial charge in [0.2, 0.25) is 0 Å². The summed E-state index contributed by atoms with van der Waals surface area (Å²) in [6.45, 7) is 0. The molecule has 0 spiro atoms. The van der Waals surface area contributed by atoms with Crippen LogP contribution < -0.4 is 0 Å². The van der Waals surface area contributed by atoms with E-state index in [1.54, 1.807) is 24.3 Å². The Labute approximate surface area is 136 Å². The zero-order valence-electron chi connectivity index (χ0n) is 13.0. The third-order valence-electron chi connectivity index (χ3n) is 4.61. The van der Waals surface area contributed by atoms with Gasteiger partial charge in [-0.05, 0) is 36.1 Å². The number of rotatable bonds is 4. The smallest absolute Gasteiger partial charge is 0.335 e. The lowest BCUT2D eigenvalue weighted by molar-refractivity contribution is 0.0696. The number of Topliss-reactive ketones (excluding diaryl/α,β-unsaturated/α-hetero) is 1. The quantitative estimate of drug-likeness (QED) is 0.824. The number of carbonyl (C=O) groups is 2.